The van der Waals surface area contributed by atoms with Crippen molar-refractivity contribution in [3.63, 3.8) is 0 Å². The number of carbonyl (C=O) groups excluding carboxylic acids is 2. The maximum atomic E-state index is 14.1. The minimum atomic E-state index is -1.18. The summed E-state index contributed by atoms with van der Waals surface area (Å²) in [6.07, 6.45) is 1.10. The second kappa shape index (κ2) is 11.4. The van der Waals surface area contributed by atoms with E-state index in [1.807, 2.05) is 54.6 Å². The Bertz CT molecular complexity index is 1400. The van der Waals surface area contributed by atoms with Gasteiger partial charge >= 0.3 is 12.1 Å². The van der Waals surface area contributed by atoms with Crippen LogP contribution in [0.25, 0.3) is 11.1 Å². The summed E-state index contributed by atoms with van der Waals surface area (Å²) in [5.74, 6) is -1.23. The van der Waals surface area contributed by atoms with Gasteiger partial charge < -0.3 is 20.1 Å². The van der Waals surface area contributed by atoms with Gasteiger partial charge in [-0.25, -0.2) is 4.79 Å². The van der Waals surface area contributed by atoms with E-state index in [4.69, 9.17) is 4.74 Å². The van der Waals surface area contributed by atoms with Gasteiger partial charge in [0.05, 0.1) is 6.42 Å². The number of nitrogens with zero attached hydrogens (tertiary/aromatic N) is 2. The summed E-state index contributed by atoms with van der Waals surface area (Å²) in [4.78, 5) is 42.9. The third-order valence-electron chi connectivity index (χ3n) is 8.74. The minimum Gasteiger partial charge on any atom is -0.481 e. The van der Waals surface area contributed by atoms with Crippen LogP contribution >= 0.6 is 0 Å². The monoisotopic (exact) mass is 553 g/mol. The van der Waals surface area contributed by atoms with Gasteiger partial charge in [0.1, 0.15) is 12.1 Å². The highest BCUT2D eigenvalue weighted by molar-refractivity contribution is 5.91. The van der Waals surface area contributed by atoms with Crippen LogP contribution in [0.2, 0.25) is 0 Å². The Morgan fingerprint density at radius 3 is 2.24 bits per heavy atom. The van der Waals surface area contributed by atoms with Crippen molar-refractivity contribution in [2.24, 2.45) is 0 Å². The smallest absolute Gasteiger partial charge is 0.408 e. The average Bonchev–Trinajstić information content (AvgIpc) is 3.68. The molecule has 2 saturated heterocycles. The van der Waals surface area contributed by atoms with E-state index in [9.17, 15) is 19.5 Å². The number of rotatable bonds is 8. The number of amides is 2. The first-order valence-electron chi connectivity index (χ1n) is 14.4. The largest absolute Gasteiger partial charge is 0.481 e. The van der Waals surface area contributed by atoms with Crippen molar-refractivity contribution in [1.82, 2.24) is 15.1 Å². The van der Waals surface area contributed by atoms with Gasteiger partial charge in [-0.05, 0) is 47.1 Å². The molecule has 2 atom stereocenters. The van der Waals surface area contributed by atoms with Crippen molar-refractivity contribution in [1.29, 1.82) is 0 Å². The van der Waals surface area contributed by atoms with Crippen LogP contribution in [0.5, 0.6) is 0 Å². The lowest BCUT2D eigenvalue weighted by molar-refractivity contribution is -0.142. The molecule has 2 heterocycles. The number of alkyl carbamates (subject to hydrolysis) is 1. The van der Waals surface area contributed by atoms with E-state index in [1.54, 1.807) is 4.90 Å². The fourth-order valence-corrected chi connectivity index (χ4v) is 6.82. The molecule has 2 aliphatic heterocycles. The Labute approximate surface area is 239 Å². The van der Waals surface area contributed by atoms with Gasteiger partial charge in [-0.2, -0.15) is 0 Å². The van der Waals surface area contributed by atoms with Gasteiger partial charge in [-0.1, -0.05) is 78.9 Å². The summed E-state index contributed by atoms with van der Waals surface area (Å²) in [6, 6.07) is 26.0. The van der Waals surface area contributed by atoms with Gasteiger partial charge in [0.25, 0.3) is 0 Å². The van der Waals surface area contributed by atoms with Crippen LogP contribution in [-0.4, -0.2) is 70.7 Å². The molecule has 0 radical (unpaired) electrons. The number of benzene rings is 3. The first-order valence-corrected chi connectivity index (χ1v) is 14.4. The average molecular weight is 554 g/mol. The highest BCUT2D eigenvalue weighted by Crippen LogP contribution is 2.44. The van der Waals surface area contributed by atoms with E-state index in [-0.39, 0.29) is 30.9 Å². The number of aliphatic carboxylic acids is 1. The van der Waals surface area contributed by atoms with Crippen molar-refractivity contribution >= 4 is 18.0 Å². The summed E-state index contributed by atoms with van der Waals surface area (Å²) in [5.41, 5.74) is 4.48. The molecule has 2 unspecified atom stereocenters. The SMILES string of the molecule is O=C(O)CC1CCCN1C(=O)C1(NC(=O)OCC2c3ccccc3-c3ccccc32)CCN(Cc2ccccc2)C1. The fraction of sp³-hybridized carbons (Fsp3) is 0.364. The summed E-state index contributed by atoms with van der Waals surface area (Å²) in [6.45, 7) is 2.26. The Morgan fingerprint density at radius 2 is 1.56 bits per heavy atom. The van der Waals surface area contributed by atoms with E-state index >= 15 is 0 Å². The zero-order valence-electron chi connectivity index (χ0n) is 23.0. The summed E-state index contributed by atoms with van der Waals surface area (Å²) in [5, 5.41) is 12.4. The van der Waals surface area contributed by atoms with Crippen molar-refractivity contribution in [2.75, 3.05) is 26.2 Å². The second-order valence-electron chi connectivity index (χ2n) is 11.4. The molecular weight excluding hydrogens is 518 g/mol. The van der Waals surface area contributed by atoms with Crippen molar-refractivity contribution < 1.29 is 24.2 Å². The Kier molecular flexibility index (Phi) is 7.49. The number of ether oxygens (including phenoxy) is 1. The summed E-state index contributed by atoms with van der Waals surface area (Å²) >= 11 is 0. The molecule has 2 fully saturated rings. The topological polar surface area (TPSA) is 99.2 Å². The Morgan fingerprint density at radius 1 is 0.902 bits per heavy atom. The predicted octanol–water partition coefficient (Wildman–Crippen LogP) is 4.64. The molecule has 2 amide bonds. The second-order valence-corrected chi connectivity index (χ2v) is 11.4. The number of carboxylic acid groups (broad SMARTS) is 1. The van der Waals surface area contributed by atoms with E-state index in [2.05, 4.69) is 34.5 Å². The standard InChI is InChI=1S/C33H35N3O5/c37-30(38)19-24-11-8-17-36(24)31(39)33(16-18-35(22-33)20-23-9-2-1-3-10-23)34-32(40)41-21-29-27-14-6-4-12-25(27)26-13-5-7-15-28(26)29/h1-7,9-10,12-15,24,29H,8,11,16-22H2,(H,34,40)(H,37,38). The number of hydrogen-bond acceptors (Lipinski definition) is 5. The fourth-order valence-electron chi connectivity index (χ4n) is 6.82. The van der Waals surface area contributed by atoms with Crippen LogP contribution in [0.15, 0.2) is 78.9 Å². The van der Waals surface area contributed by atoms with Crippen molar-refractivity contribution in [2.45, 2.75) is 49.7 Å². The molecule has 3 aromatic carbocycles. The van der Waals surface area contributed by atoms with Gasteiger partial charge in [0, 0.05) is 38.1 Å². The van der Waals surface area contributed by atoms with Gasteiger partial charge in [0.2, 0.25) is 5.91 Å². The molecular formula is C33H35N3O5. The van der Waals surface area contributed by atoms with Crippen LogP contribution in [0.1, 0.15) is 48.3 Å². The minimum absolute atomic E-state index is 0.0866. The number of nitrogens with one attached hydrogen (secondary N) is 1. The molecule has 3 aliphatic rings. The van der Waals surface area contributed by atoms with Crippen LogP contribution in [0, 0.1) is 0 Å². The van der Waals surface area contributed by atoms with E-state index in [1.165, 1.54) is 0 Å². The number of likely N-dealkylation sites (tertiary alicyclic amines) is 2. The number of fused-ring (bicyclic) bond motifs is 3. The molecule has 8 nitrogen and oxygen atoms in total. The number of carbonyl (C=O) groups is 3. The van der Waals surface area contributed by atoms with Gasteiger partial charge in [-0.3, -0.25) is 14.5 Å². The third kappa shape index (κ3) is 5.44. The highest BCUT2D eigenvalue weighted by Gasteiger charge is 2.50. The molecule has 41 heavy (non-hydrogen) atoms. The molecule has 0 spiro atoms. The van der Waals surface area contributed by atoms with Crippen LogP contribution in [0.4, 0.5) is 4.79 Å². The van der Waals surface area contributed by atoms with Crippen LogP contribution in [-0.2, 0) is 20.9 Å². The quantitative estimate of drug-likeness (QED) is 0.422. The van der Waals surface area contributed by atoms with E-state index in [0.29, 0.717) is 39.0 Å². The van der Waals surface area contributed by atoms with Gasteiger partial charge in [-0.15, -0.1) is 0 Å². The number of carboxylic acids is 1. The molecule has 212 valence electrons. The molecule has 0 bridgehead atoms. The Balaban J connectivity index is 1.20. The predicted molar refractivity (Wildman–Crippen MR) is 154 cm³/mol. The molecule has 3 aromatic rings. The summed E-state index contributed by atoms with van der Waals surface area (Å²) in [7, 11) is 0. The van der Waals surface area contributed by atoms with Gasteiger partial charge in [0.15, 0.2) is 0 Å². The zero-order valence-corrected chi connectivity index (χ0v) is 23.0. The molecule has 6 rings (SSSR count). The lowest BCUT2D eigenvalue weighted by Gasteiger charge is -2.35. The van der Waals surface area contributed by atoms with Crippen LogP contribution < -0.4 is 5.32 Å². The lowest BCUT2D eigenvalue weighted by atomic mass is 9.95. The Hall–Kier alpha value is -4.17. The van der Waals surface area contributed by atoms with Crippen molar-refractivity contribution in [3.8, 4) is 11.1 Å². The molecule has 2 N–H and O–H groups in total. The zero-order chi connectivity index (χ0) is 28.4. The molecule has 1 aliphatic carbocycles. The summed E-state index contributed by atoms with van der Waals surface area (Å²) < 4.78 is 5.85. The van der Waals surface area contributed by atoms with Crippen molar-refractivity contribution in [3.05, 3.63) is 95.6 Å². The third-order valence-corrected chi connectivity index (χ3v) is 8.74. The lowest BCUT2D eigenvalue weighted by Crippen LogP contribution is -2.62. The highest BCUT2D eigenvalue weighted by atomic mass is 16.5. The molecule has 8 heteroatoms. The van der Waals surface area contributed by atoms with E-state index < -0.39 is 17.6 Å². The first-order chi connectivity index (χ1) is 19.9. The normalized spacial score (nSPS) is 21.9. The first kappa shape index (κ1) is 27.0. The van der Waals surface area contributed by atoms with E-state index in [0.717, 1.165) is 34.2 Å². The maximum absolute atomic E-state index is 14.1. The number of hydrogen-bond donors (Lipinski definition) is 2. The maximum Gasteiger partial charge on any atom is 0.408 e. The van der Waals surface area contributed by atoms with Crippen LogP contribution in [0.3, 0.4) is 0 Å². The molecule has 0 aromatic heterocycles. The molecule has 0 saturated carbocycles.